The molecular formula is C16H16BrClN2O3S2. The van der Waals surface area contributed by atoms with Crippen LogP contribution in [0.1, 0.15) is 15.2 Å². The first-order chi connectivity index (χ1) is 11.8. The normalized spacial score (nSPS) is 16.2. The molecule has 2 heterocycles. The fourth-order valence-electron chi connectivity index (χ4n) is 2.69. The molecule has 1 amide bonds. The number of sulfonamides is 1. The third-order valence-corrected chi connectivity index (χ3v) is 7.97. The Morgan fingerprint density at radius 2 is 1.88 bits per heavy atom. The Hall–Kier alpha value is -0.930. The maximum Gasteiger partial charge on any atom is 0.264 e. The lowest BCUT2D eigenvalue weighted by Crippen LogP contribution is -2.50. The summed E-state index contributed by atoms with van der Waals surface area (Å²) in [5.74, 6) is -0.0359. The van der Waals surface area contributed by atoms with Gasteiger partial charge in [0.2, 0.25) is 10.0 Å². The standard InChI is InChI=1S/C16H16BrClN2O3S2/c1-11-4-9-24-15(11)16(21)19-5-7-20(8-6-19)25(22,23)14-3-2-12(17)10-13(14)18/h2-4,9-10H,5-8H2,1H3. The molecule has 0 saturated carbocycles. The Kier molecular flexibility index (Phi) is 5.55. The highest BCUT2D eigenvalue weighted by molar-refractivity contribution is 9.10. The monoisotopic (exact) mass is 462 g/mol. The molecule has 0 atom stereocenters. The van der Waals surface area contributed by atoms with Gasteiger partial charge in [-0.3, -0.25) is 4.79 Å². The van der Waals surface area contributed by atoms with Crippen LogP contribution >= 0.6 is 38.9 Å². The van der Waals surface area contributed by atoms with Gasteiger partial charge in [-0.2, -0.15) is 4.31 Å². The molecule has 0 spiro atoms. The second kappa shape index (κ2) is 7.36. The Bertz CT molecular complexity index is 906. The summed E-state index contributed by atoms with van der Waals surface area (Å²) < 4.78 is 27.7. The van der Waals surface area contributed by atoms with Gasteiger partial charge in [0.1, 0.15) is 4.90 Å². The number of piperazine rings is 1. The van der Waals surface area contributed by atoms with Gasteiger partial charge in [0.25, 0.3) is 5.91 Å². The van der Waals surface area contributed by atoms with Crippen molar-refractivity contribution in [3.63, 3.8) is 0 Å². The number of carbonyl (C=O) groups excluding carboxylic acids is 1. The first-order valence-corrected chi connectivity index (χ1v) is 11.1. The number of carbonyl (C=O) groups is 1. The molecule has 1 fully saturated rings. The van der Waals surface area contributed by atoms with E-state index in [4.69, 9.17) is 11.6 Å². The van der Waals surface area contributed by atoms with E-state index in [0.29, 0.717) is 18.0 Å². The van der Waals surface area contributed by atoms with Crippen molar-refractivity contribution in [1.29, 1.82) is 0 Å². The van der Waals surface area contributed by atoms with Crippen LogP contribution in [-0.4, -0.2) is 49.7 Å². The summed E-state index contributed by atoms with van der Waals surface area (Å²) in [5.41, 5.74) is 0.951. The van der Waals surface area contributed by atoms with Crippen LogP contribution in [-0.2, 0) is 10.0 Å². The lowest BCUT2D eigenvalue weighted by Gasteiger charge is -2.34. The molecule has 2 aromatic rings. The van der Waals surface area contributed by atoms with Crippen molar-refractivity contribution in [1.82, 2.24) is 9.21 Å². The van der Waals surface area contributed by atoms with Crippen molar-refractivity contribution in [2.75, 3.05) is 26.2 Å². The van der Waals surface area contributed by atoms with Crippen molar-refractivity contribution in [2.45, 2.75) is 11.8 Å². The van der Waals surface area contributed by atoms with Gasteiger partial charge in [0.05, 0.1) is 9.90 Å². The first-order valence-electron chi connectivity index (χ1n) is 7.59. The Labute approximate surface area is 164 Å². The largest absolute Gasteiger partial charge is 0.335 e. The molecule has 1 aromatic heterocycles. The predicted molar refractivity (Wildman–Crippen MR) is 103 cm³/mol. The SMILES string of the molecule is Cc1ccsc1C(=O)N1CCN(S(=O)(=O)c2ccc(Br)cc2Cl)CC1. The minimum atomic E-state index is -3.68. The van der Waals surface area contributed by atoms with Crippen molar-refractivity contribution < 1.29 is 13.2 Å². The van der Waals surface area contributed by atoms with Crippen LogP contribution in [0.5, 0.6) is 0 Å². The van der Waals surface area contributed by atoms with Crippen molar-refractivity contribution in [2.24, 2.45) is 0 Å². The second-order valence-corrected chi connectivity index (χ2v) is 9.85. The molecule has 5 nitrogen and oxygen atoms in total. The van der Waals surface area contributed by atoms with Gasteiger partial charge in [-0.15, -0.1) is 11.3 Å². The third-order valence-electron chi connectivity index (χ3n) is 4.09. The van der Waals surface area contributed by atoms with E-state index >= 15 is 0 Å². The summed E-state index contributed by atoms with van der Waals surface area (Å²) in [6, 6.07) is 6.62. The van der Waals surface area contributed by atoms with Crippen LogP contribution in [0.3, 0.4) is 0 Å². The average molecular weight is 464 g/mol. The van der Waals surface area contributed by atoms with Crippen molar-refractivity contribution in [3.05, 3.63) is 49.6 Å². The van der Waals surface area contributed by atoms with Gasteiger partial charge < -0.3 is 4.90 Å². The molecule has 134 valence electrons. The van der Waals surface area contributed by atoms with Crippen molar-refractivity contribution in [3.8, 4) is 0 Å². The third kappa shape index (κ3) is 3.78. The Morgan fingerprint density at radius 1 is 1.20 bits per heavy atom. The van der Waals surface area contributed by atoms with Crippen LogP contribution in [0.15, 0.2) is 39.0 Å². The molecule has 1 aromatic carbocycles. The molecular weight excluding hydrogens is 448 g/mol. The quantitative estimate of drug-likeness (QED) is 0.698. The Balaban J connectivity index is 1.73. The highest BCUT2D eigenvalue weighted by Gasteiger charge is 2.32. The summed E-state index contributed by atoms with van der Waals surface area (Å²) >= 11 is 10.8. The van der Waals surface area contributed by atoms with Gasteiger partial charge in [-0.1, -0.05) is 27.5 Å². The molecule has 25 heavy (non-hydrogen) atoms. The van der Waals surface area contributed by atoms with E-state index in [1.807, 2.05) is 18.4 Å². The molecule has 1 saturated heterocycles. The zero-order valence-electron chi connectivity index (χ0n) is 13.4. The number of thiophene rings is 1. The van der Waals surface area contributed by atoms with Crippen LogP contribution in [0.2, 0.25) is 5.02 Å². The fraction of sp³-hybridized carbons (Fsp3) is 0.312. The zero-order chi connectivity index (χ0) is 18.2. The molecule has 0 N–H and O–H groups in total. The first kappa shape index (κ1) is 18.8. The number of aryl methyl sites for hydroxylation is 1. The van der Waals surface area contributed by atoms with Gasteiger partial charge in [-0.05, 0) is 42.1 Å². The summed E-state index contributed by atoms with van der Waals surface area (Å²) in [4.78, 5) is 15.0. The maximum atomic E-state index is 12.8. The average Bonchev–Trinajstić information content (AvgIpc) is 3.00. The summed E-state index contributed by atoms with van der Waals surface area (Å²) in [7, 11) is -3.68. The van der Waals surface area contributed by atoms with Gasteiger partial charge in [0.15, 0.2) is 0 Å². The maximum absolute atomic E-state index is 12.8. The van der Waals surface area contributed by atoms with Gasteiger partial charge in [0, 0.05) is 30.7 Å². The number of benzene rings is 1. The molecule has 0 radical (unpaired) electrons. The summed E-state index contributed by atoms with van der Waals surface area (Å²) in [6.45, 7) is 3.14. The fourth-order valence-corrected chi connectivity index (χ4v) is 6.02. The summed E-state index contributed by atoms with van der Waals surface area (Å²) in [5, 5.41) is 2.07. The van der Waals surface area contributed by atoms with E-state index in [2.05, 4.69) is 15.9 Å². The molecule has 0 unspecified atom stereocenters. The minimum Gasteiger partial charge on any atom is -0.335 e. The van der Waals surface area contributed by atoms with E-state index in [1.54, 1.807) is 17.0 Å². The number of hydrogen-bond donors (Lipinski definition) is 0. The molecule has 9 heteroatoms. The predicted octanol–water partition coefficient (Wildman–Crippen LogP) is 3.62. The van der Waals surface area contributed by atoms with E-state index in [9.17, 15) is 13.2 Å². The van der Waals surface area contributed by atoms with E-state index in [-0.39, 0.29) is 28.9 Å². The number of amides is 1. The van der Waals surface area contributed by atoms with Crippen LogP contribution in [0.4, 0.5) is 0 Å². The van der Waals surface area contributed by atoms with Gasteiger partial charge >= 0.3 is 0 Å². The molecule has 1 aliphatic heterocycles. The number of hydrogen-bond acceptors (Lipinski definition) is 4. The van der Waals surface area contributed by atoms with Crippen molar-refractivity contribution >= 4 is 54.8 Å². The molecule has 0 bridgehead atoms. The minimum absolute atomic E-state index is 0.0359. The van der Waals surface area contributed by atoms with Crippen LogP contribution in [0, 0.1) is 6.92 Å². The van der Waals surface area contributed by atoms with E-state index in [0.717, 1.165) is 10.0 Å². The topological polar surface area (TPSA) is 57.7 Å². The molecule has 1 aliphatic rings. The number of rotatable bonds is 3. The van der Waals surface area contributed by atoms with Gasteiger partial charge in [-0.25, -0.2) is 8.42 Å². The second-order valence-electron chi connectivity index (χ2n) is 5.70. The van der Waals surface area contributed by atoms with Crippen LogP contribution in [0.25, 0.3) is 0 Å². The highest BCUT2D eigenvalue weighted by Crippen LogP contribution is 2.28. The number of nitrogens with zero attached hydrogens (tertiary/aromatic N) is 2. The smallest absolute Gasteiger partial charge is 0.264 e. The lowest BCUT2D eigenvalue weighted by molar-refractivity contribution is 0.0702. The number of halogens is 2. The Morgan fingerprint density at radius 3 is 2.44 bits per heavy atom. The summed E-state index contributed by atoms with van der Waals surface area (Å²) in [6.07, 6.45) is 0. The van der Waals surface area contributed by atoms with E-state index in [1.165, 1.54) is 21.7 Å². The molecule has 0 aliphatic carbocycles. The zero-order valence-corrected chi connectivity index (χ0v) is 17.4. The highest BCUT2D eigenvalue weighted by atomic mass is 79.9. The lowest BCUT2D eigenvalue weighted by atomic mass is 10.2. The van der Waals surface area contributed by atoms with Crippen LogP contribution < -0.4 is 0 Å². The molecule has 3 rings (SSSR count). The van der Waals surface area contributed by atoms with E-state index < -0.39 is 10.0 Å².